The Bertz CT molecular complexity index is 292. The first-order chi connectivity index (χ1) is 6.40. The van der Waals surface area contributed by atoms with Crippen LogP contribution in [0.1, 0.15) is 24.0 Å². The molecule has 0 aliphatic carbocycles. The molecule has 1 fully saturated rings. The van der Waals surface area contributed by atoms with Gasteiger partial charge in [0.25, 0.3) is 0 Å². The summed E-state index contributed by atoms with van der Waals surface area (Å²) in [4.78, 5) is 14.4. The standard InChI is InChI=1S/C9H11NO2S/c11-3-1-8-5-10-9(12-8)7-2-4-13-6-7/h3,5,7H,1-2,4,6H2. The monoisotopic (exact) mass is 197 g/mol. The zero-order chi connectivity index (χ0) is 9.10. The van der Waals surface area contributed by atoms with E-state index in [4.69, 9.17) is 4.42 Å². The highest BCUT2D eigenvalue weighted by Crippen LogP contribution is 2.31. The van der Waals surface area contributed by atoms with Gasteiger partial charge < -0.3 is 9.21 Å². The Hall–Kier alpha value is -0.770. The highest BCUT2D eigenvalue weighted by molar-refractivity contribution is 7.99. The predicted molar refractivity (Wildman–Crippen MR) is 51.0 cm³/mol. The van der Waals surface area contributed by atoms with Crippen molar-refractivity contribution in [3.63, 3.8) is 0 Å². The third-order valence-corrected chi connectivity index (χ3v) is 3.30. The van der Waals surface area contributed by atoms with Crippen molar-refractivity contribution in [3.8, 4) is 0 Å². The Balaban J connectivity index is 2.07. The van der Waals surface area contributed by atoms with Crippen molar-refractivity contribution < 1.29 is 9.21 Å². The van der Waals surface area contributed by atoms with Crippen LogP contribution in [-0.2, 0) is 11.2 Å². The molecule has 13 heavy (non-hydrogen) atoms. The highest BCUT2D eigenvalue weighted by atomic mass is 32.2. The molecule has 0 radical (unpaired) electrons. The molecular formula is C9H11NO2S. The highest BCUT2D eigenvalue weighted by Gasteiger charge is 2.21. The van der Waals surface area contributed by atoms with Gasteiger partial charge >= 0.3 is 0 Å². The van der Waals surface area contributed by atoms with Gasteiger partial charge in [0.2, 0.25) is 0 Å². The van der Waals surface area contributed by atoms with Gasteiger partial charge in [-0.3, -0.25) is 0 Å². The molecule has 1 atom stereocenters. The van der Waals surface area contributed by atoms with Crippen molar-refractivity contribution in [1.82, 2.24) is 4.98 Å². The molecule has 0 N–H and O–H groups in total. The number of hydrogen-bond donors (Lipinski definition) is 0. The van der Waals surface area contributed by atoms with Crippen molar-refractivity contribution in [2.45, 2.75) is 18.8 Å². The van der Waals surface area contributed by atoms with Crippen LogP contribution in [0.25, 0.3) is 0 Å². The lowest BCUT2D eigenvalue weighted by atomic mass is 10.1. The molecule has 2 rings (SSSR count). The molecule has 2 heterocycles. The largest absolute Gasteiger partial charge is 0.445 e. The normalized spacial score (nSPS) is 22.0. The molecule has 0 saturated carbocycles. The maximum absolute atomic E-state index is 10.2. The molecule has 4 heteroatoms. The second kappa shape index (κ2) is 3.96. The van der Waals surface area contributed by atoms with E-state index in [1.165, 1.54) is 5.75 Å². The first-order valence-electron chi connectivity index (χ1n) is 4.36. The maximum Gasteiger partial charge on any atom is 0.198 e. The van der Waals surface area contributed by atoms with E-state index in [0.29, 0.717) is 18.1 Å². The molecule has 0 aromatic carbocycles. The minimum absolute atomic E-state index is 0.340. The second-order valence-corrected chi connectivity index (χ2v) is 4.25. The van der Waals surface area contributed by atoms with E-state index in [0.717, 1.165) is 24.4 Å². The smallest absolute Gasteiger partial charge is 0.198 e. The summed E-state index contributed by atoms with van der Waals surface area (Å²) in [5.74, 6) is 4.24. The SMILES string of the molecule is O=CCc1cnc(C2CCSC2)o1. The Kier molecular flexibility index (Phi) is 2.68. The van der Waals surface area contributed by atoms with Crippen LogP contribution >= 0.6 is 11.8 Å². The van der Waals surface area contributed by atoms with Gasteiger partial charge in [-0.25, -0.2) is 4.98 Å². The summed E-state index contributed by atoms with van der Waals surface area (Å²) >= 11 is 1.93. The van der Waals surface area contributed by atoms with Gasteiger partial charge in [-0.05, 0) is 12.2 Å². The summed E-state index contributed by atoms with van der Waals surface area (Å²) in [5, 5.41) is 0. The van der Waals surface area contributed by atoms with Gasteiger partial charge in [-0.1, -0.05) is 0 Å². The minimum Gasteiger partial charge on any atom is -0.445 e. The van der Waals surface area contributed by atoms with Crippen molar-refractivity contribution in [2.75, 3.05) is 11.5 Å². The number of carbonyl (C=O) groups is 1. The van der Waals surface area contributed by atoms with Gasteiger partial charge in [-0.15, -0.1) is 0 Å². The van der Waals surface area contributed by atoms with E-state index < -0.39 is 0 Å². The van der Waals surface area contributed by atoms with Crippen LogP contribution in [0.2, 0.25) is 0 Å². The topological polar surface area (TPSA) is 43.1 Å². The molecule has 1 saturated heterocycles. The summed E-state index contributed by atoms with van der Waals surface area (Å²) in [7, 11) is 0. The summed E-state index contributed by atoms with van der Waals surface area (Å²) in [6.45, 7) is 0. The first kappa shape index (κ1) is 8.81. The Morgan fingerprint density at radius 3 is 3.38 bits per heavy atom. The van der Waals surface area contributed by atoms with Crippen molar-refractivity contribution >= 4 is 18.0 Å². The van der Waals surface area contributed by atoms with E-state index in [-0.39, 0.29) is 0 Å². The number of rotatable bonds is 3. The van der Waals surface area contributed by atoms with Crippen molar-refractivity contribution in [1.29, 1.82) is 0 Å². The molecule has 1 aliphatic heterocycles. The molecule has 70 valence electrons. The third kappa shape index (κ3) is 1.94. The van der Waals surface area contributed by atoms with Gasteiger partial charge in [-0.2, -0.15) is 11.8 Å². The average molecular weight is 197 g/mol. The quantitative estimate of drug-likeness (QED) is 0.691. The molecule has 1 aromatic heterocycles. The van der Waals surface area contributed by atoms with Crippen molar-refractivity contribution in [2.24, 2.45) is 0 Å². The molecule has 3 nitrogen and oxygen atoms in total. The van der Waals surface area contributed by atoms with Crippen LogP contribution in [0.3, 0.4) is 0 Å². The third-order valence-electron chi connectivity index (χ3n) is 2.13. The van der Waals surface area contributed by atoms with Crippen LogP contribution in [0, 0.1) is 0 Å². The average Bonchev–Trinajstić information content (AvgIpc) is 2.70. The Morgan fingerprint density at radius 2 is 2.69 bits per heavy atom. The Labute approximate surface area is 80.9 Å². The molecule has 0 bridgehead atoms. The lowest BCUT2D eigenvalue weighted by Gasteiger charge is -2.00. The molecule has 1 aromatic rings. The summed E-state index contributed by atoms with van der Waals surface area (Å²) in [5.41, 5.74) is 0. The van der Waals surface area contributed by atoms with E-state index >= 15 is 0 Å². The fraction of sp³-hybridized carbons (Fsp3) is 0.556. The number of carbonyl (C=O) groups excluding carboxylic acids is 1. The fourth-order valence-corrected chi connectivity index (χ4v) is 2.63. The van der Waals surface area contributed by atoms with Crippen LogP contribution in [0.5, 0.6) is 0 Å². The zero-order valence-electron chi connectivity index (χ0n) is 7.23. The van der Waals surface area contributed by atoms with Crippen LogP contribution < -0.4 is 0 Å². The summed E-state index contributed by atoms with van der Waals surface area (Å²) in [6.07, 6.45) is 3.99. The lowest BCUT2D eigenvalue weighted by molar-refractivity contribution is -0.107. The second-order valence-electron chi connectivity index (χ2n) is 3.10. The van der Waals surface area contributed by atoms with Crippen molar-refractivity contribution in [3.05, 3.63) is 17.8 Å². The molecule has 0 amide bonds. The van der Waals surface area contributed by atoms with Gasteiger partial charge in [0.1, 0.15) is 12.0 Å². The van der Waals surface area contributed by atoms with Crippen LogP contribution in [0.4, 0.5) is 0 Å². The Morgan fingerprint density at radius 1 is 1.77 bits per heavy atom. The number of oxazole rings is 1. The summed E-state index contributed by atoms with van der Waals surface area (Å²) in [6, 6.07) is 0. The van der Waals surface area contributed by atoms with E-state index in [1.807, 2.05) is 11.8 Å². The molecule has 1 unspecified atom stereocenters. The maximum atomic E-state index is 10.2. The predicted octanol–water partition coefficient (Wildman–Crippen LogP) is 1.64. The van der Waals surface area contributed by atoms with Gasteiger partial charge in [0, 0.05) is 11.7 Å². The summed E-state index contributed by atoms with van der Waals surface area (Å²) < 4.78 is 5.45. The van der Waals surface area contributed by atoms with Crippen LogP contribution in [0.15, 0.2) is 10.6 Å². The first-order valence-corrected chi connectivity index (χ1v) is 5.51. The molecule has 1 aliphatic rings. The van der Waals surface area contributed by atoms with Crippen LogP contribution in [-0.4, -0.2) is 22.8 Å². The molecule has 0 spiro atoms. The number of aromatic nitrogens is 1. The number of thioether (sulfide) groups is 1. The van der Waals surface area contributed by atoms with E-state index in [1.54, 1.807) is 6.20 Å². The fourth-order valence-electron chi connectivity index (χ4n) is 1.42. The minimum atomic E-state index is 0.340. The van der Waals surface area contributed by atoms with Gasteiger partial charge in [0.05, 0.1) is 12.6 Å². The zero-order valence-corrected chi connectivity index (χ0v) is 8.05. The molecular weight excluding hydrogens is 186 g/mol. The number of nitrogens with zero attached hydrogens (tertiary/aromatic N) is 1. The number of aldehydes is 1. The lowest BCUT2D eigenvalue weighted by Crippen LogP contribution is -1.95. The number of hydrogen-bond acceptors (Lipinski definition) is 4. The van der Waals surface area contributed by atoms with Gasteiger partial charge in [0.15, 0.2) is 5.89 Å². The van der Waals surface area contributed by atoms with E-state index in [9.17, 15) is 4.79 Å². The van der Waals surface area contributed by atoms with E-state index in [2.05, 4.69) is 4.98 Å².